The van der Waals surface area contributed by atoms with E-state index in [1.165, 1.54) is 12.1 Å². The number of halogens is 1. The second-order valence-electron chi connectivity index (χ2n) is 8.18. The first-order valence-electron chi connectivity index (χ1n) is 10.3. The summed E-state index contributed by atoms with van der Waals surface area (Å²) in [5, 5.41) is 4.03. The molecule has 4 aromatic rings. The van der Waals surface area contributed by atoms with Gasteiger partial charge in [0, 0.05) is 43.0 Å². The maximum absolute atomic E-state index is 13.5. The molecule has 158 valence electrons. The summed E-state index contributed by atoms with van der Waals surface area (Å²) in [5.41, 5.74) is 4.23. The smallest absolute Gasteiger partial charge is 0.124 e. The van der Waals surface area contributed by atoms with E-state index in [0.29, 0.717) is 0 Å². The summed E-state index contributed by atoms with van der Waals surface area (Å²) in [6.07, 6.45) is 8.70. The van der Waals surface area contributed by atoms with Crippen LogP contribution in [0.3, 0.4) is 0 Å². The Bertz CT molecular complexity index is 1130. The third-order valence-electron chi connectivity index (χ3n) is 6.10. The molecule has 0 aliphatic carbocycles. The highest BCUT2D eigenvalue weighted by Gasteiger charge is 2.35. The average molecular weight is 418 g/mol. The van der Waals surface area contributed by atoms with E-state index in [2.05, 4.69) is 31.5 Å². The molecule has 4 heterocycles. The zero-order valence-electron chi connectivity index (χ0n) is 17.3. The fourth-order valence-corrected chi connectivity index (χ4v) is 4.23. The van der Waals surface area contributed by atoms with Gasteiger partial charge in [-0.25, -0.2) is 19.3 Å². The normalized spacial score (nSPS) is 16.5. The maximum Gasteiger partial charge on any atom is 0.124 e. The van der Waals surface area contributed by atoms with Crippen molar-refractivity contribution in [2.75, 3.05) is 13.1 Å². The number of rotatable bonds is 5. The fourth-order valence-electron chi connectivity index (χ4n) is 4.23. The lowest BCUT2D eigenvalue weighted by Crippen LogP contribution is -2.44. The lowest BCUT2D eigenvalue weighted by Gasteiger charge is -2.41. The third-order valence-corrected chi connectivity index (χ3v) is 6.10. The third kappa shape index (κ3) is 3.86. The Labute approximate surface area is 179 Å². The molecule has 0 saturated carbocycles. The lowest BCUT2D eigenvalue weighted by atomic mass is 9.88. The molecular formula is C23H23FN6O. The van der Waals surface area contributed by atoms with Gasteiger partial charge in [-0.15, -0.1) is 0 Å². The minimum absolute atomic E-state index is 0.119. The molecule has 1 fully saturated rings. The van der Waals surface area contributed by atoms with Crippen LogP contribution in [0, 0.1) is 5.82 Å². The van der Waals surface area contributed by atoms with Crippen LogP contribution in [0.1, 0.15) is 25.5 Å². The van der Waals surface area contributed by atoms with E-state index in [0.717, 1.165) is 60.8 Å². The quantitative estimate of drug-likeness (QED) is 0.485. The zero-order chi connectivity index (χ0) is 21.3. The highest BCUT2D eigenvalue weighted by molar-refractivity contribution is 5.76. The molecule has 0 unspecified atom stereocenters. The Kier molecular flexibility index (Phi) is 5.07. The Morgan fingerprint density at radius 2 is 1.87 bits per heavy atom. The van der Waals surface area contributed by atoms with Crippen molar-refractivity contribution in [1.82, 2.24) is 29.6 Å². The van der Waals surface area contributed by atoms with Gasteiger partial charge in [0.25, 0.3) is 0 Å². The molecule has 7 nitrogen and oxygen atoms in total. The van der Waals surface area contributed by atoms with E-state index in [-0.39, 0.29) is 11.4 Å². The summed E-state index contributed by atoms with van der Waals surface area (Å²) in [4.78, 5) is 15.7. The molecule has 5 rings (SSSR count). The largest absolute Gasteiger partial charge is 0.364 e. The highest BCUT2D eigenvalue weighted by atomic mass is 19.1. The van der Waals surface area contributed by atoms with Crippen molar-refractivity contribution in [1.29, 1.82) is 0 Å². The Morgan fingerprint density at radius 1 is 1.06 bits per heavy atom. The molecule has 0 radical (unpaired) electrons. The van der Waals surface area contributed by atoms with E-state index in [1.807, 2.05) is 18.5 Å². The number of imidazole rings is 1. The van der Waals surface area contributed by atoms with E-state index in [1.54, 1.807) is 30.9 Å². The summed E-state index contributed by atoms with van der Waals surface area (Å²) in [6, 6.07) is 10.2. The predicted octanol–water partition coefficient (Wildman–Crippen LogP) is 4.15. The molecule has 3 aromatic heterocycles. The number of nitrogens with zero attached hydrogens (tertiary/aromatic N) is 6. The van der Waals surface area contributed by atoms with Crippen molar-refractivity contribution >= 4 is 0 Å². The van der Waals surface area contributed by atoms with Crippen molar-refractivity contribution in [3.63, 3.8) is 0 Å². The van der Waals surface area contributed by atoms with Gasteiger partial charge < -0.3 is 9.09 Å². The Morgan fingerprint density at radius 3 is 2.55 bits per heavy atom. The van der Waals surface area contributed by atoms with Crippen molar-refractivity contribution in [2.45, 2.75) is 31.8 Å². The van der Waals surface area contributed by atoms with Gasteiger partial charge in [-0.05, 0) is 50.1 Å². The topological polar surface area (TPSA) is 72.9 Å². The molecule has 0 atom stereocenters. The minimum atomic E-state index is -0.266. The molecular weight excluding hydrogens is 395 g/mol. The first-order valence-corrected chi connectivity index (χ1v) is 10.3. The van der Waals surface area contributed by atoms with Gasteiger partial charge in [0.05, 0.1) is 29.1 Å². The molecule has 0 bridgehead atoms. The van der Waals surface area contributed by atoms with Gasteiger partial charge in [0.15, 0.2) is 0 Å². The van der Waals surface area contributed by atoms with Crippen LogP contribution in [0.2, 0.25) is 0 Å². The van der Waals surface area contributed by atoms with Gasteiger partial charge in [-0.1, -0.05) is 5.16 Å². The van der Waals surface area contributed by atoms with Crippen LogP contribution in [-0.4, -0.2) is 42.7 Å². The Balaban J connectivity index is 1.48. The van der Waals surface area contributed by atoms with Gasteiger partial charge in [0.2, 0.25) is 0 Å². The Hall–Kier alpha value is -3.39. The number of hydrogen-bond donors (Lipinski definition) is 0. The van der Waals surface area contributed by atoms with Crippen LogP contribution >= 0.6 is 0 Å². The molecule has 1 aromatic carbocycles. The van der Waals surface area contributed by atoms with E-state index < -0.39 is 0 Å². The summed E-state index contributed by atoms with van der Waals surface area (Å²) < 4.78 is 20.7. The molecule has 1 aliphatic rings. The van der Waals surface area contributed by atoms with Crippen molar-refractivity contribution in [2.24, 2.45) is 0 Å². The van der Waals surface area contributed by atoms with E-state index >= 15 is 0 Å². The predicted molar refractivity (Wildman–Crippen MR) is 113 cm³/mol. The van der Waals surface area contributed by atoms with Crippen LogP contribution in [-0.2, 0) is 12.1 Å². The average Bonchev–Trinajstić information content (AvgIpc) is 3.47. The van der Waals surface area contributed by atoms with Crippen LogP contribution in [0.25, 0.3) is 22.6 Å². The summed E-state index contributed by atoms with van der Waals surface area (Å²) in [7, 11) is 0. The maximum atomic E-state index is 13.5. The molecule has 1 saturated heterocycles. The first-order chi connectivity index (χ1) is 15.1. The van der Waals surface area contributed by atoms with Gasteiger partial charge in [0.1, 0.15) is 18.4 Å². The number of piperidine rings is 1. The molecule has 0 spiro atoms. The summed E-state index contributed by atoms with van der Waals surface area (Å²) in [5.74, 6) is -0.266. The van der Waals surface area contributed by atoms with Crippen LogP contribution in [0.15, 0.2) is 66.0 Å². The lowest BCUT2D eigenvalue weighted by molar-refractivity contribution is 0.117. The van der Waals surface area contributed by atoms with Crippen molar-refractivity contribution in [3.05, 3.63) is 73.0 Å². The standard InChI is InChI=1S/C23H23FN6O/c1-23(8-11-29(12-9-23)14-19-7-13-31-28-19)30-16-27-21(17-2-4-18(24)5-3-17)22(30)20-6-10-25-15-26-20/h2-7,10,13,15-16H,8-9,11-12,14H2,1H3. The van der Waals surface area contributed by atoms with Crippen LogP contribution in [0.4, 0.5) is 4.39 Å². The van der Waals surface area contributed by atoms with Crippen molar-refractivity contribution < 1.29 is 8.91 Å². The molecule has 31 heavy (non-hydrogen) atoms. The fraction of sp³-hybridized carbons (Fsp3) is 0.304. The first kappa shape index (κ1) is 19.6. The summed E-state index contributed by atoms with van der Waals surface area (Å²) >= 11 is 0. The monoisotopic (exact) mass is 418 g/mol. The zero-order valence-corrected chi connectivity index (χ0v) is 17.3. The van der Waals surface area contributed by atoms with E-state index in [4.69, 9.17) is 9.51 Å². The van der Waals surface area contributed by atoms with Crippen LogP contribution in [0.5, 0.6) is 0 Å². The van der Waals surface area contributed by atoms with Crippen LogP contribution < -0.4 is 0 Å². The number of hydrogen-bond acceptors (Lipinski definition) is 6. The second-order valence-corrected chi connectivity index (χ2v) is 8.18. The highest BCUT2D eigenvalue weighted by Crippen LogP contribution is 2.38. The van der Waals surface area contributed by atoms with Crippen molar-refractivity contribution in [3.8, 4) is 22.6 Å². The summed E-state index contributed by atoms with van der Waals surface area (Å²) in [6.45, 7) is 4.94. The van der Waals surface area contributed by atoms with Gasteiger partial charge in [-0.3, -0.25) is 4.90 Å². The SMILES string of the molecule is CC1(n2cnc(-c3ccc(F)cc3)c2-c2ccncn2)CCN(Cc2ccon2)CC1. The van der Waals surface area contributed by atoms with E-state index in [9.17, 15) is 4.39 Å². The number of aromatic nitrogens is 5. The number of benzene rings is 1. The molecule has 0 N–H and O–H groups in total. The van der Waals surface area contributed by atoms with Gasteiger partial charge >= 0.3 is 0 Å². The second kappa shape index (κ2) is 8.03. The number of likely N-dealkylation sites (tertiary alicyclic amines) is 1. The minimum Gasteiger partial charge on any atom is -0.364 e. The molecule has 1 aliphatic heterocycles. The molecule has 8 heteroatoms. The molecule has 0 amide bonds. The van der Waals surface area contributed by atoms with Gasteiger partial charge in [-0.2, -0.15) is 0 Å².